The van der Waals surface area contributed by atoms with Crippen LogP contribution in [0.5, 0.6) is 0 Å². The lowest BCUT2D eigenvalue weighted by atomic mass is 10.1. The summed E-state index contributed by atoms with van der Waals surface area (Å²) in [5.41, 5.74) is 2.22. The van der Waals surface area contributed by atoms with Gasteiger partial charge in [0.05, 0.1) is 24.8 Å². The van der Waals surface area contributed by atoms with E-state index in [2.05, 4.69) is 10.1 Å². The molecule has 1 N–H and O–H groups in total. The van der Waals surface area contributed by atoms with Crippen molar-refractivity contribution in [2.24, 2.45) is 0 Å². The lowest BCUT2D eigenvalue weighted by Crippen LogP contribution is -2.29. The molecule has 1 aliphatic rings. The first-order valence-electron chi connectivity index (χ1n) is 6.99. The van der Waals surface area contributed by atoms with E-state index in [0.717, 1.165) is 5.56 Å². The van der Waals surface area contributed by atoms with Crippen molar-refractivity contribution in [1.82, 2.24) is 4.90 Å². The van der Waals surface area contributed by atoms with Gasteiger partial charge in [0.2, 0.25) is 0 Å². The van der Waals surface area contributed by atoms with E-state index in [0.29, 0.717) is 16.8 Å². The summed E-state index contributed by atoms with van der Waals surface area (Å²) >= 11 is 0. The van der Waals surface area contributed by atoms with Crippen molar-refractivity contribution in [3.05, 3.63) is 65.2 Å². The third-order valence-corrected chi connectivity index (χ3v) is 3.60. The number of imide groups is 1. The summed E-state index contributed by atoms with van der Waals surface area (Å²) in [7, 11) is 1.28. The Morgan fingerprint density at radius 2 is 1.57 bits per heavy atom. The second kappa shape index (κ2) is 5.92. The van der Waals surface area contributed by atoms with Crippen molar-refractivity contribution in [3.63, 3.8) is 0 Å². The number of anilines is 1. The molecule has 0 fully saturated rings. The first-order valence-corrected chi connectivity index (χ1v) is 6.99. The molecule has 0 saturated carbocycles. The summed E-state index contributed by atoms with van der Waals surface area (Å²) in [6.45, 7) is 0.185. The molecule has 0 atom stereocenters. The largest absolute Gasteiger partial charge is 0.453 e. The maximum Gasteiger partial charge on any atom is 0.411 e. The zero-order chi connectivity index (χ0) is 16.4. The van der Waals surface area contributed by atoms with Crippen molar-refractivity contribution in [2.45, 2.75) is 6.54 Å². The van der Waals surface area contributed by atoms with Gasteiger partial charge in [-0.1, -0.05) is 24.3 Å². The zero-order valence-electron chi connectivity index (χ0n) is 12.4. The van der Waals surface area contributed by atoms with E-state index in [1.807, 2.05) is 0 Å². The van der Waals surface area contributed by atoms with Gasteiger partial charge < -0.3 is 4.74 Å². The van der Waals surface area contributed by atoms with Crippen LogP contribution in [-0.2, 0) is 11.3 Å². The van der Waals surface area contributed by atoms with E-state index in [1.54, 1.807) is 48.5 Å². The molecule has 3 amide bonds. The smallest absolute Gasteiger partial charge is 0.411 e. The molecule has 0 radical (unpaired) electrons. The average molecular weight is 310 g/mol. The van der Waals surface area contributed by atoms with Gasteiger partial charge in [-0.05, 0) is 29.8 Å². The molecule has 1 aliphatic heterocycles. The van der Waals surface area contributed by atoms with Crippen LogP contribution in [0.3, 0.4) is 0 Å². The van der Waals surface area contributed by atoms with Crippen LogP contribution in [0.25, 0.3) is 0 Å². The zero-order valence-corrected chi connectivity index (χ0v) is 12.4. The molecule has 0 spiro atoms. The highest BCUT2D eigenvalue weighted by molar-refractivity contribution is 6.21. The SMILES string of the molecule is COC(=O)Nc1ccc(CN2C(=O)c3ccccc3C2=O)cc1. The van der Waals surface area contributed by atoms with Gasteiger partial charge in [-0.2, -0.15) is 0 Å². The van der Waals surface area contributed by atoms with Crippen molar-refractivity contribution in [2.75, 3.05) is 12.4 Å². The Bertz CT molecular complexity index is 748. The van der Waals surface area contributed by atoms with E-state index in [4.69, 9.17) is 0 Å². The van der Waals surface area contributed by atoms with Crippen LogP contribution in [0.2, 0.25) is 0 Å². The van der Waals surface area contributed by atoms with Crippen LogP contribution in [0.1, 0.15) is 26.3 Å². The molecule has 0 aliphatic carbocycles. The fourth-order valence-corrected chi connectivity index (χ4v) is 2.43. The van der Waals surface area contributed by atoms with Crippen LogP contribution in [0.4, 0.5) is 10.5 Å². The predicted molar refractivity (Wildman–Crippen MR) is 83.1 cm³/mol. The number of benzene rings is 2. The minimum atomic E-state index is -0.557. The monoisotopic (exact) mass is 310 g/mol. The molecular formula is C17H14N2O4. The molecule has 23 heavy (non-hydrogen) atoms. The first-order chi connectivity index (χ1) is 11.1. The first kappa shape index (κ1) is 14.8. The number of rotatable bonds is 3. The van der Waals surface area contributed by atoms with Crippen molar-refractivity contribution in [3.8, 4) is 0 Å². The minimum Gasteiger partial charge on any atom is -0.453 e. The van der Waals surface area contributed by atoms with E-state index in [9.17, 15) is 14.4 Å². The maximum atomic E-state index is 12.3. The number of amides is 3. The van der Waals surface area contributed by atoms with Crippen LogP contribution in [0, 0.1) is 0 Å². The summed E-state index contributed by atoms with van der Waals surface area (Å²) in [6, 6.07) is 13.6. The molecule has 3 rings (SSSR count). The maximum absolute atomic E-state index is 12.3. The van der Waals surface area contributed by atoms with Crippen LogP contribution in [0.15, 0.2) is 48.5 Å². The summed E-state index contributed by atoms with van der Waals surface area (Å²) in [5.74, 6) is -0.579. The summed E-state index contributed by atoms with van der Waals surface area (Å²) < 4.78 is 4.51. The highest BCUT2D eigenvalue weighted by Crippen LogP contribution is 2.24. The fourth-order valence-electron chi connectivity index (χ4n) is 2.43. The fraction of sp³-hybridized carbons (Fsp3) is 0.118. The number of nitrogens with zero attached hydrogens (tertiary/aromatic N) is 1. The van der Waals surface area contributed by atoms with Gasteiger partial charge in [0.1, 0.15) is 0 Å². The molecule has 0 saturated heterocycles. The van der Waals surface area contributed by atoms with Crippen LogP contribution in [-0.4, -0.2) is 29.9 Å². The molecule has 0 unspecified atom stereocenters. The summed E-state index contributed by atoms with van der Waals surface area (Å²) in [6.07, 6.45) is -0.557. The van der Waals surface area contributed by atoms with E-state index >= 15 is 0 Å². The predicted octanol–water partition coefficient (Wildman–Crippen LogP) is 2.66. The normalized spacial score (nSPS) is 13.0. The van der Waals surface area contributed by atoms with E-state index < -0.39 is 6.09 Å². The van der Waals surface area contributed by atoms with Crippen molar-refractivity contribution < 1.29 is 19.1 Å². The number of nitrogens with one attached hydrogen (secondary N) is 1. The van der Waals surface area contributed by atoms with E-state index in [-0.39, 0.29) is 18.4 Å². The number of carbonyl (C=O) groups excluding carboxylic acids is 3. The van der Waals surface area contributed by atoms with Gasteiger partial charge >= 0.3 is 6.09 Å². The van der Waals surface area contributed by atoms with Crippen molar-refractivity contribution in [1.29, 1.82) is 0 Å². The lowest BCUT2D eigenvalue weighted by molar-refractivity contribution is 0.0642. The Kier molecular flexibility index (Phi) is 3.80. The molecule has 2 aromatic carbocycles. The molecule has 116 valence electrons. The summed E-state index contributed by atoms with van der Waals surface area (Å²) in [5, 5.41) is 2.54. The number of hydrogen-bond acceptors (Lipinski definition) is 4. The Balaban J connectivity index is 1.75. The van der Waals surface area contributed by atoms with Gasteiger partial charge in [0.15, 0.2) is 0 Å². The quantitative estimate of drug-likeness (QED) is 0.884. The third-order valence-electron chi connectivity index (χ3n) is 3.60. The number of fused-ring (bicyclic) bond motifs is 1. The molecule has 6 nitrogen and oxygen atoms in total. The molecule has 0 bridgehead atoms. The van der Waals surface area contributed by atoms with Crippen LogP contribution >= 0.6 is 0 Å². The van der Waals surface area contributed by atoms with Gasteiger partial charge in [-0.25, -0.2) is 4.79 Å². The highest BCUT2D eigenvalue weighted by atomic mass is 16.5. The van der Waals surface area contributed by atoms with Gasteiger partial charge in [0.25, 0.3) is 11.8 Å². The molecular weight excluding hydrogens is 296 g/mol. The Labute approximate surface area is 132 Å². The van der Waals surface area contributed by atoms with Gasteiger partial charge in [-0.3, -0.25) is 19.8 Å². The van der Waals surface area contributed by atoms with Crippen LogP contribution < -0.4 is 5.32 Å². The second-order valence-electron chi connectivity index (χ2n) is 5.06. The third kappa shape index (κ3) is 2.78. The van der Waals surface area contributed by atoms with Gasteiger partial charge in [0, 0.05) is 5.69 Å². The lowest BCUT2D eigenvalue weighted by Gasteiger charge is -2.14. The molecule has 6 heteroatoms. The highest BCUT2D eigenvalue weighted by Gasteiger charge is 2.34. The Hall–Kier alpha value is -3.15. The minimum absolute atomic E-state index is 0.185. The average Bonchev–Trinajstić information content (AvgIpc) is 2.82. The molecule has 1 heterocycles. The number of hydrogen-bond donors (Lipinski definition) is 1. The second-order valence-corrected chi connectivity index (χ2v) is 5.06. The van der Waals surface area contributed by atoms with Gasteiger partial charge in [-0.15, -0.1) is 0 Å². The Morgan fingerprint density at radius 1 is 1.00 bits per heavy atom. The molecule has 2 aromatic rings. The number of carbonyl (C=O) groups is 3. The topological polar surface area (TPSA) is 75.7 Å². The Morgan fingerprint density at radius 3 is 2.09 bits per heavy atom. The standard InChI is InChI=1S/C17H14N2O4/c1-23-17(22)18-12-8-6-11(7-9-12)10-19-15(20)13-4-2-3-5-14(13)16(19)21/h2-9H,10H2,1H3,(H,18,22). The van der Waals surface area contributed by atoms with E-state index in [1.165, 1.54) is 12.0 Å². The summed E-state index contributed by atoms with van der Waals surface area (Å²) in [4.78, 5) is 36.9. The number of methoxy groups -OCH3 is 1. The number of ether oxygens (including phenoxy) is 1. The van der Waals surface area contributed by atoms with Crippen molar-refractivity contribution >= 4 is 23.6 Å². The molecule has 0 aromatic heterocycles.